The first-order chi connectivity index (χ1) is 20.0. The molecule has 2 aliphatic heterocycles. The molecule has 5 heterocycles. The van der Waals surface area contributed by atoms with Gasteiger partial charge in [-0.2, -0.15) is 15.2 Å². The molecule has 0 atom stereocenters. The van der Waals surface area contributed by atoms with E-state index in [0.717, 1.165) is 17.5 Å². The van der Waals surface area contributed by atoms with Crippen LogP contribution in [0.2, 0.25) is 0 Å². The molecule has 0 saturated carbocycles. The number of fused-ring (bicyclic) bond motifs is 4. The van der Waals surface area contributed by atoms with Gasteiger partial charge in [0, 0.05) is 31.1 Å². The Bertz CT molecular complexity index is 1810. The van der Waals surface area contributed by atoms with Crippen molar-refractivity contribution in [3.8, 4) is 23.3 Å². The maximum absolute atomic E-state index is 16.8. The highest BCUT2D eigenvalue weighted by Crippen LogP contribution is 2.47. The predicted octanol–water partition coefficient (Wildman–Crippen LogP) is 5.28. The number of methoxy groups -OCH3 is 2. The van der Waals surface area contributed by atoms with E-state index >= 15 is 8.78 Å². The maximum Gasteiger partial charge on any atom is 0.412 e. The van der Waals surface area contributed by atoms with Crippen LogP contribution in [0.5, 0.6) is 6.01 Å². The number of halogens is 2. The van der Waals surface area contributed by atoms with Gasteiger partial charge in [0.1, 0.15) is 28.0 Å². The molecule has 11 nitrogen and oxygen atoms in total. The van der Waals surface area contributed by atoms with Crippen molar-refractivity contribution in [2.75, 3.05) is 37.5 Å². The van der Waals surface area contributed by atoms with Gasteiger partial charge in [-0.1, -0.05) is 0 Å². The number of anilines is 2. The fourth-order valence-corrected chi connectivity index (χ4v) is 6.21. The van der Waals surface area contributed by atoms with E-state index in [2.05, 4.69) is 20.3 Å². The highest BCUT2D eigenvalue weighted by molar-refractivity contribution is 7.23. The summed E-state index contributed by atoms with van der Waals surface area (Å²) in [7, 11) is 3.02. The average molecular weight is 597 g/mol. The Morgan fingerprint density at radius 3 is 2.60 bits per heavy atom. The normalized spacial score (nSPS) is 15.0. The quantitative estimate of drug-likeness (QED) is 0.325. The van der Waals surface area contributed by atoms with Gasteiger partial charge < -0.3 is 23.8 Å². The standard InChI is InChI=1S/C28H26F2N6O5S/c1-28(2,3)41-27(37)35-25-13(6-31)18-21(32-7-16(29)23(18)42-25)17-14-10-40-11-15(14)19-22(20(17)30)33-26(39-5)34-24(19)36-8-12(9-36)38-4/h7,12H,8-11H2,1-5H3,(H,35,37). The van der Waals surface area contributed by atoms with Crippen LogP contribution in [0.1, 0.15) is 37.5 Å². The van der Waals surface area contributed by atoms with E-state index in [9.17, 15) is 10.1 Å². The first-order valence-electron chi connectivity index (χ1n) is 13.0. The van der Waals surface area contributed by atoms with Crippen molar-refractivity contribution in [1.29, 1.82) is 5.26 Å². The van der Waals surface area contributed by atoms with Crippen LogP contribution in [-0.4, -0.2) is 60.1 Å². The summed E-state index contributed by atoms with van der Waals surface area (Å²) >= 11 is 0.839. The molecular formula is C28H26F2N6O5S. The summed E-state index contributed by atoms with van der Waals surface area (Å²) in [5.74, 6) is -0.970. The lowest BCUT2D eigenvalue weighted by molar-refractivity contribution is 0.0636. The molecule has 0 bridgehead atoms. The Labute approximate surface area is 243 Å². The van der Waals surface area contributed by atoms with Gasteiger partial charge in [0.05, 0.1) is 54.0 Å². The fraction of sp³-hybridized carbons (Fsp3) is 0.393. The van der Waals surface area contributed by atoms with Gasteiger partial charge in [0.25, 0.3) is 0 Å². The van der Waals surface area contributed by atoms with Crippen molar-refractivity contribution in [1.82, 2.24) is 15.0 Å². The maximum atomic E-state index is 16.8. The third kappa shape index (κ3) is 4.54. The molecule has 0 radical (unpaired) electrons. The molecule has 3 aromatic heterocycles. The molecule has 0 aliphatic carbocycles. The van der Waals surface area contributed by atoms with E-state index in [1.807, 2.05) is 11.0 Å². The smallest absolute Gasteiger partial charge is 0.412 e. The Kier molecular flexibility index (Phi) is 6.83. The number of carbonyl (C=O) groups is 1. The van der Waals surface area contributed by atoms with Gasteiger partial charge in [-0.3, -0.25) is 10.3 Å². The van der Waals surface area contributed by atoms with Crippen molar-refractivity contribution in [2.45, 2.75) is 45.7 Å². The second-order valence-corrected chi connectivity index (χ2v) is 11.9. The number of ether oxygens (including phenoxy) is 4. The summed E-state index contributed by atoms with van der Waals surface area (Å²) in [5, 5.41) is 13.3. The molecule has 218 valence electrons. The Balaban J connectivity index is 1.59. The monoisotopic (exact) mass is 596 g/mol. The van der Waals surface area contributed by atoms with Crippen molar-refractivity contribution in [3.63, 3.8) is 0 Å². The zero-order chi connectivity index (χ0) is 29.9. The highest BCUT2D eigenvalue weighted by atomic mass is 32.1. The number of aromatic nitrogens is 3. The summed E-state index contributed by atoms with van der Waals surface area (Å²) in [4.78, 5) is 27.6. The number of thiophene rings is 1. The summed E-state index contributed by atoms with van der Waals surface area (Å²) in [5.41, 5.74) is 0.335. The van der Waals surface area contributed by atoms with Crippen LogP contribution in [0.4, 0.5) is 24.4 Å². The molecule has 0 unspecified atom stereocenters. The number of amides is 1. The SMILES string of the molecule is COc1nc(N2CC(OC)C2)c2c3c(c(-c4ncc(F)c5sc(NC(=O)OC(C)(C)C)c(C#N)c45)c(F)c2n1)COC3. The van der Waals surface area contributed by atoms with Crippen LogP contribution >= 0.6 is 11.3 Å². The van der Waals surface area contributed by atoms with E-state index in [1.165, 1.54) is 7.11 Å². The van der Waals surface area contributed by atoms with Crippen LogP contribution in [0, 0.1) is 23.0 Å². The number of rotatable bonds is 5. The third-order valence-corrected chi connectivity index (χ3v) is 8.17. The number of hydrogen-bond donors (Lipinski definition) is 1. The fourth-order valence-electron chi connectivity index (χ4n) is 5.17. The number of nitriles is 1. The molecule has 1 saturated heterocycles. The van der Waals surface area contributed by atoms with Crippen molar-refractivity contribution in [3.05, 3.63) is 34.5 Å². The van der Waals surface area contributed by atoms with E-state index in [1.54, 1.807) is 27.9 Å². The second-order valence-electron chi connectivity index (χ2n) is 10.9. The molecule has 14 heteroatoms. The zero-order valence-corrected chi connectivity index (χ0v) is 24.2. The molecule has 1 N–H and O–H groups in total. The lowest BCUT2D eigenvalue weighted by Gasteiger charge is -2.39. The molecule has 1 amide bonds. The number of benzene rings is 1. The Morgan fingerprint density at radius 2 is 1.93 bits per heavy atom. The summed E-state index contributed by atoms with van der Waals surface area (Å²) in [6.07, 6.45) is 0.164. The minimum absolute atomic E-state index is 0.0117. The van der Waals surface area contributed by atoms with Crippen LogP contribution in [0.15, 0.2) is 6.20 Å². The van der Waals surface area contributed by atoms with E-state index in [4.69, 9.17) is 18.9 Å². The van der Waals surface area contributed by atoms with Crippen LogP contribution in [0.3, 0.4) is 0 Å². The largest absolute Gasteiger partial charge is 0.467 e. The lowest BCUT2D eigenvalue weighted by Crippen LogP contribution is -2.52. The topological polar surface area (TPSA) is 132 Å². The van der Waals surface area contributed by atoms with Crippen molar-refractivity contribution >= 4 is 49.2 Å². The molecule has 42 heavy (non-hydrogen) atoms. The first-order valence-corrected chi connectivity index (χ1v) is 13.8. The number of nitrogens with zero attached hydrogens (tertiary/aromatic N) is 5. The van der Waals surface area contributed by atoms with Gasteiger partial charge in [-0.25, -0.2) is 13.6 Å². The second kappa shape index (κ2) is 10.3. The highest BCUT2D eigenvalue weighted by Gasteiger charge is 2.35. The van der Waals surface area contributed by atoms with Gasteiger partial charge in [0.2, 0.25) is 0 Å². The summed E-state index contributed by atoms with van der Waals surface area (Å²) in [6.45, 7) is 6.40. The van der Waals surface area contributed by atoms with Gasteiger partial charge in [-0.05, 0) is 31.9 Å². The van der Waals surface area contributed by atoms with E-state index < -0.39 is 23.3 Å². The van der Waals surface area contributed by atoms with Gasteiger partial charge in [-0.15, -0.1) is 11.3 Å². The van der Waals surface area contributed by atoms with Crippen molar-refractivity contribution < 1.29 is 32.5 Å². The molecule has 4 aromatic rings. The molecule has 6 rings (SSSR count). The minimum atomic E-state index is -0.815. The molecule has 2 aliphatic rings. The Hall–Kier alpha value is -4.19. The predicted molar refractivity (Wildman–Crippen MR) is 151 cm³/mol. The molecule has 0 spiro atoms. The van der Waals surface area contributed by atoms with Crippen LogP contribution < -0.4 is 15.0 Å². The van der Waals surface area contributed by atoms with Crippen LogP contribution in [0.25, 0.3) is 32.2 Å². The van der Waals surface area contributed by atoms with Gasteiger partial charge >= 0.3 is 12.1 Å². The summed E-state index contributed by atoms with van der Waals surface area (Å²) in [6, 6.07) is 2.00. The molecule has 1 aromatic carbocycles. The number of pyridine rings is 1. The number of carbonyl (C=O) groups excluding carboxylic acids is 1. The zero-order valence-electron chi connectivity index (χ0n) is 23.4. The van der Waals surface area contributed by atoms with Crippen molar-refractivity contribution in [2.24, 2.45) is 0 Å². The number of nitrogens with one attached hydrogen (secondary N) is 1. The van der Waals surface area contributed by atoms with E-state index in [0.29, 0.717) is 35.4 Å². The van der Waals surface area contributed by atoms with Crippen LogP contribution in [-0.2, 0) is 27.4 Å². The van der Waals surface area contributed by atoms with Gasteiger partial charge in [0.15, 0.2) is 11.6 Å². The van der Waals surface area contributed by atoms with E-state index in [-0.39, 0.29) is 62.8 Å². The molecule has 1 fully saturated rings. The minimum Gasteiger partial charge on any atom is -0.467 e. The number of hydrogen-bond acceptors (Lipinski definition) is 11. The first kappa shape index (κ1) is 28.0. The Morgan fingerprint density at radius 1 is 1.19 bits per heavy atom. The average Bonchev–Trinajstić information content (AvgIpc) is 3.53. The third-order valence-electron chi connectivity index (χ3n) is 7.05. The lowest BCUT2D eigenvalue weighted by atomic mass is 9.93. The summed E-state index contributed by atoms with van der Waals surface area (Å²) < 4.78 is 53.7. The molecular weight excluding hydrogens is 570 g/mol.